The Morgan fingerprint density at radius 1 is 0.889 bits per heavy atom. The van der Waals surface area contributed by atoms with E-state index in [-0.39, 0.29) is 22.0 Å². The highest BCUT2D eigenvalue weighted by Gasteiger charge is 2.33. The summed E-state index contributed by atoms with van der Waals surface area (Å²) in [5, 5.41) is 12.9. The summed E-state index contributed by atoms with van der Waals surface area (Å²) in [5.74, 6) is 0.0329. The normalized spacial score (nSPS) is 11.0. The lowest BCUT2D eigenvalue weighted by Gasteiger charge is -2.16. The lowest BCUT2D eigenvalue weighted by Crippen LogP contribution is -2.18. The molecule has 0 fully saturated rings. The van der Waals surface area contributed by atoms with Crippen LogP contribution < -0.4 is 14.8 Å². The number of carbonyl (C=O) groups excluding carboxylic acids is 1. The number of amides is 1. The Morgan fingerprint density at radius 3 is 2.27 bits per heavy atom. The van der Waals surface area contributed by atoms with Crippen molar-refractivity contribution >= 4 is 23.4 Å². The van der Waals surface area contributed by atoms with Crippen molar-refractivity contribution in [3.63, 3.8) is 0 Å². The number of hydrogen-bond donors (Lipinski definition) is 1. The maximum absolute atomic E-state index is 13.4. The number of pyridine rings is 1. The predicted octanol–water partition coefficient (Wildman–Crippen LogP) is 8.62. The first-order valence-electron chi connectivity index (χ1n) is 13.7. The monoisotopic (exact) mass is 625 g/mol. The molecule has 5 aromatic rings. The summed E-state index contributed by atoms with van der Waals surface area (Å²) in [6.45, 7) is 0.337. The predicted molar refractivity (Wildman–Crippen MR) is 168 cm³/mol. The van der Waals surface area contributed by atoms with Crippen LogP contribution in [0.2, 0.25) is 0 Å². The topological polar surface area (TPSA) is 84.2 Å². The second kappa shape index (κ2) is 14.0. The van der Waals surface area contributed by atoms with E-state index in [4.69, 9.17) is 9.47 Å². The average molecular weight is 626 g/mol. The first-order valence-corrected chi connectivity index (χ1v) is 14.7. The zero-order valence-corrected chi connectivity index (χ0v) is 24.8. The number of alkyl halides is 3. The molecule has 1 N–H and O–H groups in total. The Kier molecular flexibility index (Phi) is 9.70. The van der Waals surface area contributed by atoms with Gasteiger partial charge in [0.25, 0.3) is 0 Å². The van der Waals surface area contributed by atoms with Crippen LogP contribution in [0.4, 0.5) is 18.9 Å². The van der Waals surface area contributed by atoms with E-state index in [9.17, 15) is 23.2 Å². The van der Waals surface area contributed by atoms with Gasteiger partial charge in [0.15, 0.2) is 11.5 Å². The number of halogens is 3. The smallest absolute Gasteiger partial charge is 0.418 e. The molecule has 0 aliphatic carbocycles. The van der Waals surface area contributed by atoms with E-state index in [1.165, 1.54) is 25.3 Å². The van der Waals surface area contributed by atoms with Crippen LogP contribution in [-0.2, 0) is 17.6 Å². The van der Waals surface area contributed by atoms with Gasteiger partial charge in [-0.25, -0.2) is 4.98 Å². The SMILES string of the molecule is COc1cc(-c2cc(-c3ccccc3)nc(SCC(=O)Nc3ccccc3C(F)(F)F)c2C#N)ccc1OCc1ccccc1. The van der Waals surface area contributed by atoms with Gasteiger partial charge in [-0.1, -0.05) is 90.6 Å². The summed E-state index contributed by atoms with van der Waals surface area (Å²) in [6.07, 6.45) is -4.63. The molecule has 1 heterocycles. The summed E-state index contributed by atoms with van der Waals surface area (Å²) < 4.78 is 51.9. The Bertz CT molecular complexity index is 1840. The fourth-order valence-corrected chi connectivity index (χ4v) is 5.37. The van der Waals surface area contributed by atoms with Crippen LogP contribution in [-0.4, -0.2) is 23.8 Å². The molecule has 226 valence electrons. The molecule has 10 heteroatoms. The van der Waals surface area contributed by atoms with Gasteiger partial charge in [-0.15, -0.1) is 0 Å². The van der Waals surface area contributed by atoms with Gasteiger partial charge in [0.1, 0.15) is 17.7 Å². The van der Waals surface area contributed by atoms with E-state index in [0.717, 1.165) is 29.0 Å². The largest absolute Gasteiger partial charge is 0.493 e. The zero-order chi connectivity index (χ0) is 31.8. The molecule has 0 saturated heterocycles. The van der Waals surface area contributed by atoms with Gasteiger partial charge in [-0.2, -0.15) is 18.4 Å². The second-order valence-electron chi connectivity index (χ2n) is 9.73. The molecule has 0 unspecified atom stereocenters. The Hall–Kier alpha value is -5.27. The number of carbonyl (C=O) groups is 1. The first-order chi connectivity index (χ1) is 21.8. The first kappa shape index (κ1) is 31.2. The number of methoxy groups -OCH3 is 1. The minimum atomic E-state index is -4.63. The zero-order valence-electron chi connectivity index (χ0n) is 24.0. The number of rotatable bonds is 10. The summed E-state index contributed by atoms with van der Waals surface area (Å²) in [5.41, 5.74) is 2.45. The minimum Gasteiger partial charge on any atom is -0.493 e. The van der Waals surface area contributed by atoms with Crippen molar-refractivity contribution in [3.05, 3.63) is 126 Å². The summed E-state index contributed by atoms with van der Waals surface area (Å²) in [6, 6.07) is 33.1. The molecule has 1 amide bonds. The fourth-order valence-electron chi connectivity index (χ4n) is 4.57. The van der Waals surface area contributed by atoms with Crippen LogP contribution in [0.5, 0.6) is 11.5 Å². The van der Waals surface area contributed by atoms with Crippen LogP contribution in [0.15, 0.2) is 114 Å². The molecule has 0 saturated carbocycles. The van der Waals surface area contributed by atoms with Gasteiger partial charge in [-0.3, -0.25) is 4.79 Å². The van der Waals surface area contributed by atoms with Crippen LogP contribution >= 0.6 is 11.8 Å². The van der Waals surface area contributed by atoms with Gasteiger partial charge in [0, 0.05) is 11.1 Å². The highest BCUT2D eigenvalue weighted by molar-refractivity contribution is 8.00. The molecule has 45 heavy (non-hydrogen) atoms. The molecular weight excluding hydrogens is 599 g/mol. The van der Waals surface area contributed by atoms with Crippen molar-refractivity contribution in [2.24, 2.45) is 0 Å². The molecule has 5 rings (SSSR count). The van der Waals surface area contributed by atoms with E-state index in [0.29, 0.717) is 34.9 Å². The number of thioether (sulfide) groups is 1. The van der Waals surface area contributed by atoms with E-state index in [1.54, 1.807) is 18.2 Å². The maximum atomic E-state index is 13.4. The third-order valence-corrected chi connectivity index (χ3v) is 7.70. The molecule has 6 nitrogen and oxygen atoms in total. The molecule has 1 aromatic heterocycles. The summed E-state index contributed by atoms with van der Waals surface area (Å²) >= 11 is 0.966. The number of nitrogens with one attached hydrogen (secondary N) is 1. The molecule has 0 spiro atoms. The van der Waals surface area contributed by atoms with E-state index in [1.807, 2.05) is 66.7 Å². The Balaban J connectivity index is 1.47. The van der Waals surface area contributed by atoms with E-state index < -0.39 is 17.6 Å². The van der Waals surface area contributed by atoms with Crippen LogP contribution in [0.1, 0.15) is 16.7 Å². The summed E-state index contributed by atoms with van der Waals surface area (Å²) in [7, 11) is 1.53. The van der Waals surface area contributed by atoms with Crippen molar-refractivity contribution in [2.75, 3.05) is 18.2 Å². The van der Waals surface area contributed by atoms with Crippen molar-refractivity contribution in [1.82, 2.24) is 4.98 Å². The number of benzene rings is 4. The van der Waals surface area contributed by atoms with Gasteiger partial charge >= 0.3 is 6.18 Å². The molecular formula is C35H26F3N3O3S. The lowest BCUT2D eigenvalue weighted by atomic mass is 9.99. The molecule has 0 atom stereocenters. The Morgan fingerprint density at radius 2 is 1.58 bits per heavy atom. The van der Waals surface area contributed by atoms with Crippen LogP contribution in [0, 0.1) is 11.3 Å². The van der Waals surface area contributed by atoms with Gasteiger partial charge in [0.05, 0.1) is 35.4 Å². The standard InChI is InChI=1S/C35H26F3N3O3S/c1-43-32-18-25(16-17-31(32)44-21-23-10-4-2-5-11-23)26-19-30(24-12-6-3-7-13-24)41-34(27(26)20-39)45-22-33(42)40-29-15-9-8-14-28(29)35(36,37)38/h2-19H,21-22H2,1H3,(H,40,42). The number of nitrogens with zero attached hydrogens (tertiary/aromatic N) is 2. The second-order valence-corrected chi connectivity index (χ2v) is 10.7. The Labute approximate surface area is 262 Å². The van der Waals surface area contributed by atoms with Crippen molar-refractivity contribution in [3.8, 4) is 40.0 Å². The van der Waals surface area contributed by atoms with Crippen molar-refractivity contribution < 1.29 is 27.4 Å². The fraction of sp³-hybridized carbons (Fsp3) is 0.114. The lowest BCUT2D eigenvalue weighted by molar-refractivity contribution is -0.137. The third kappa shape index (κ3) is 7.63. The maximum Gasteiger partial charge on any atom is 0.418 e. The van der Waals surface area contributed by atoms with E-state index >= 15 is 0 Å². The van der Waals surface area contributed by atoms with Crippen molar-refractivity contribution in [2.45, 2.75) is 17.8 Å². The van der Waals surface area contributed by atoms with Crippen LogP contribution in [0.3, 0.4) is 0 Å². The number of aromatic nitrogens is 1. The number of hydrogen-bond acceptors (Lipinski definition) is 6. The average Bonchev–Trinajstić information content (AvgIpc) is 3.06. The van der Waals surface area contributed by atoms with Gasteiger partial charge in [-0.05, 0) is 41.5 Å². The highest BCUT2D eigenvalue weighted by Crippen LogP contribution is 2.39. The van der Waals surface area contributed by atoms with Crippen molar-refractivity contribution in [1.29, 1.82) is 5.26 Å². The molecule has 0 bridgehead atoms. The third-order valence-electron chi connectivity index (χ3n) is 6.73. The molecule has 0 aliphatic heterocycles. The molecule has 0 radical (unpaired) electrons. The highest BCUT2D eigenvalue weighted by atomic mass is 32.2. The number of anilines is 1. The molecule has 0 aliphatic rings. The minimum absolute atomic E-state index is 0.211. The quantitative estimate of drug-likeness (QED) is 0.157. The number of para-hydroxylation sites is 1. The van der Waals surface area contributed by atoms with Gasteiger partial charge < -0.3 is 14.8 Å². The van der Waals surface area contributed by atoms with Gasteiger partial charge in [0.2, 0.25) is 5.91 Å². The van der Waals surface area contributed by atoms with Crippen LogP contribution in [0.25, 0.3) is 22.4 Å². The molecule has 4 aromatic carbocycles. The summed E-state index contributed by atoms with van der Waals surface area (Å²) in [4.78, 5) is 17.5. The van der Waals surface area contributed by atoms with E-state index in [2.05, 4.69) is 16.4 Å². The number of ether oxygens (including phenoxy) is 2. The number of nitriles is 1.